The highest BCUT2D eigenvalue weighted by atomic mass is 32.2. The first kappa shape index (κ1) is 31.5. The number of anilines is 1. The summed E-state index contributed by atoms with van der Waals surface area (Å²) in [5, 5.41) is 6.74. The van der Waals surface area contributed by atoms with Crippen molar-refractivity contribution in [3.05, 3.63) is 89.0 Å². The summed E-state index contributed by atoms with van der Waals surface area (Å²) in [7, 11) is 3.29. The van der Waals surface area contributed by atoms with Crippen LogP contribution in [-0.2, 0) is 20.8 Å². The maximum atomic E-state index is 6.47. The Bertz CT molecular complexity index is 1240. The smallest absolute Gasteiger partial charge is 0.162 e. The maximum Gasteiger partial charge on any atom is 0.162 e. The van der Waals surface area contributed by atoms with Crippen LogP contribution >= 0.6 is 11.8 Å². The lowest BCUT2D eigenvalue weighted by molar-refractivity contribution is 0.107. The number of nitrogens with one attached hydrogen (secondary N) is 2. The van der Waals surface area contributed by atoms with Gasteiger partial charge in [-0.2, -0.15) is 0 Å². The molecule has 4 rings (SSSR count). The standard InChI is InChI=1S/C33H43N3O5S/c1-5-6-15-40-29-11-7-25(8-12-29)20-39-21-34-22-42-23-36-27-9-13-30(14-10-27)41-33-24(2)19-35-28-16-26(33)17-31(37-3)32(18-28)38-4/h7-14,17-19,24,33-34,36H,5-6,15-16,20-23H2,1-4H3. The monoisotopic (exact) mass is 593 g/mol. The lowest BCUT2D eigenvalue weighted by Gasteiger charge is -2.24. The zero-order valence-corrected chi connectivity index (χ0v) is 25.9. The van der Waals surface area contributed by atoms with Gasteiger partial charge in [-0.05, 0) is 60.0 Å². The number of fused-ring (bicyclic) bond motifs is 2. The van der Waals surface area contributed by atoms with Crippen molar-refractivity contribution in [3.63, 3.8) is 0 Å². The number of methoxy groups -OCH3 is 2. The summed E-state index contributed by atoms with van der Waals surface area (Å²) in [6.07, 6.45) is 8.64. The highest BCUT2D eigenvalue weighted by Gasteiger charge is 2.28. The van der Waals surface area contributed by atoms with Gasteiger partial charge in [0, 0.05) is 41.9 Å². The molecule has 1 aliphatic carbocycles. The Labute approximate surface area is 254 Å². The Morgan fingerprint density at radius 2 is 1.67 bits per heavy atom. The van der Waals surface area contributed by atoms with E-state index in [1.54, 1.807) is 26.0 Å². The third-order valence-corrected chi connectivity index (χ3v) is 7.62. The van der Waals surface area contributed by atoms with E-state index in [2.05, 4.69) is 41.6 Å². The number of aliphatic imine (C=N–C) groups is 1. The van der Waals surface area contributed by atoms with Crippen LogP contribution in [0.2, 0.25) is 0 Å². The predicted molar refractivity (Wildman–Crippen MR) is 171 cm³/mol. The minimum Gasteiger partial charge on any atom is -0.494 e. The summed E-state index contributed by atoms with van der Waals surface area (Å²) in [5.41, 5.74) is 4.21. The molecular formula is C33H43N3O5S. The Hall–Kier alpha value is -3.40. The molecule has 0 aromatic heterocycles. The summed E-state index contributed by atoms with van der Waals surface area (Å²) < 4.78 is 29.0. The van der Waals surface area contributed by atoms with Crippen molar-refractivity contribution in [2.45, 2.75) is 45.8 Å². The van der Waals surface area contributed by atoms with E-state index in [1.807, 2.05) is 54.8 Å². The van der Waals surface area contributed by atoms with Crippen LogP contribution in [0.15, 0.2) is 88.5 Å². The van der Waals surface area contributed by atoms with Crippen LogP contribution in [0.25, 0.3) is 0 Å². The average molecular weight is 594 g/mol. The first-order valence-electron chi connectivity index (χ1n) is 14.5. The van der Waals surface area contributed by atoms with Crippen molar-refractivity contribution >= 4 is 23.7 Å². The number of rotatable bonds is 17. The number of allylic oxidation sites excluding steroid dienone is 3. The molecule has 2 aliphatic rings. The fraction of sp³-hybridized carbons (Fsp3) is 0.424. The molecule has 2 N–H and O–H groups in total. The number of hydrogen-bond acceptors (Lipinski definition) is 9. The number of unbranched alkanes of at least 4 members (excludes halogenated alkanes) is 1. The van der Waals surface area contributed by atoms with E-state index < -0.39 is 0 Å². The van der Waals surface area contributed by atoms with Crippen molar-refractivity contribution in [3.8, 4) is 11.5 Å². The van der Waals surface area contributed by atoms with Crippen LogP contribution in [0, 0.1) is 5.92 Å². The normalized spacial score (nSPS) is 18.0. The second-order valence-corrected chi connectivity index (χ2v) is 11.1. The first-order chi connectivity index (χ1) is 20.6. The Balaban J connectivity index is 1.15. The van der Waals surface area contributed by atoms with Crippen molar-refractivity contribution in [2.75, 3.05) is 44.6 Å². The van der Waals surface area contributed by atoms with Gasteiger partial charge >= 0.3 is 0 Å². The number of nitrogens with zero attached hydrogens (tertiary/aromatic N) is 1. The van der Waals surface area contributed by atoms with Gasteiger partial charge in [0.05, 0.1) is 40.0 Å². The summed E-state index contributed by atoms with van der Waals surface area (Å²) in [5.74, 6) is 4.73. The number of benzene rings is 2. The third-order valence-electron chi connectivity index (χ3n) is 6.86. The van der Waals surface area contributed by atoms with Crippen molar-refractivity contribution in [1.29, 1.82) is 0 Å². The molecule has 2 bridgehead atoms. The van der Waals surface area contributed by atoms with Crippen LogP contribution in [-0.4, -0.2) is 51.6 Å². The summed E-state index contributed by atoms with van der Waals surface area (Å²) in [6.45, 7) is 6.11. The molecule has 0 fully saturated rings. The van der Waals surface area contributed by atoms with E-state index in [0.29, 0.717) is 31.3 Å². The zero-order chi connectivity index (χ0) is 29.6. The summed E-state index contributed by atoms with van der Waals surface area (Å²) in [4.78, 5) is 4.67. The van der Waals surface area contributed by atoms with Crippen LogP contribution in [0.4, 0.5) is 5.69 Å². The van der Waals surface area contributed by atoms with Gasteiger partial charge in [0.15, 0.2) is 11.5 Å². The predicted octanol–water partition coefficient (Wildman–Crippen LogP) is 6.88. The summed E-state index contributed by atoms with van der Waals surface area (Å²) >= 11 is 1.75. The van der Waals surface area contributed by atoms with Gasteiger partial charge in [0.25, 0.3) is 0 Å². The summed E-state index contributed by atoms with van der Waals surface area (Å²) in [6, 6.07) is 16.2. The molecular weight excluding hydrogens is 550 g/mol. The molecule has 9 heteroatoms. The van der Waals surface area contributed by atoms with Gasteiger partial charge in [-0.1, -0.05) is 32.4 Å². The third kappa shape index (κ3) is 9.58. The van der Waals surface area contributed by atoms with E-state index in [4.69, 9.17) is 23.7 Å². The minimum absolute atomic E-state index is 0.102. The topological polar surface area (TPSA) is 82.6 Å². The lowest BCUT2D eigenvalue weighted by Crippen LogP contribution is -2.27. The number of thioether (sulfide) groups is 1. The van der Waals surface area contributed by atoms with Crippen LogP contribution < -0.4 is 20.1 Å². The van der Waals surface area contributed by atoms with Crippen LogP contribution in [0.5, 0.6) is 11.5 Å². The molecule has 2 unspecified atom stereocenters. The number of hydrogen-bond donors (Lipinski definition) is 2. The van der Waals surface area contributed by atoms with E-state index in [1.165, 1.54) is 0 Å². The molecule has 8 nitrogen and oxygen atoms in total. The van der Waals surface area contributed by atoms with Gasteiger partial charge in [-0.3, -0.25) is 10.3 Å². The largest absolute Gasteiger partial charge is 0.494 e. The maximum absolute atomic E-state index is 6.47. The van der Waals surface area contributed by atoms with Gasteiger partial charge in [0.1, 0.15) is 17.6 Å². The van der Waals surface area contributed by atoms with Crippen LogP contribution in [0.3, 0.4) is 0 Å². The highest BCUT2D eigenvalue weighted by molar-refractivity contribution is 7.99. The van der Waals surface area contributed by atoms with Crippen molar-refractivity contribution in [1.82, 2.24) is 5.32 Å². The molecule has 0 saturated carbocycles. The zero-order valence-electron chi connectivity index (χ0n) is 25.1. The second kappa shape index (κ2) is 16.9. The van der Waals surface area contributed by atoms with Gasteiger partial charge in [-0.15, -0.1) is 11.8 Å². The van der Waals surface area contributed by atoms with E-state index in [-0.39, 0.29) is 12.0 Å². The fourth-order valence-corrected chi connectivity index (χ4v) is 5.12. The first-order valence-corrected chi connectivity index (χ1v) is 15.6. The molecule has 0 spiro atoms. The molecule has 2 aromatic rings. The molecule has 2 aromatic carbocycles. The van der Waals surface area contributed by atoms with Crippen LogP contribution in [0.1, 0.15) is 38.7 Å². The van der Waals surface area contributed by atoms with E-state index in [9.17, 15) is 0 Å². The van der Waals surface area contributed by atoms with Gasteiger partial charge in [0.2, 0.25) is 0 Å². The Morgan fingerprint density at radius 1 is 0.929 bits per heavy atom. The minimum atomic E-state index is -0.160. The van der Waals surface area contributed by atoms with E-state index in [0.717, 1.165) is 65.2 Å². The molecule has 1 aliphatic heterocycles. The SMILES string of the molecule is CCCCOc1ccc(COCNCSCNc2ccc(OC3C4=CC(OC)=C(OC)C=C(C4)N=CC3C)cc2)cc1. The fourth-order valence-electron chi connectivity index (χ4n) is 4.52. The average Bonchev–Trinajstić information content (AvgIpc) is 3.28. The second-order valence-electron chi connectivity index (χ2n) is 10.1. The Kier molecular flexibility index (Phi) is 12.7. The molecule has 1 heterocycles. The molecule has 2 atom stereocenters. The quantitative estimate of drug-likeness (QED) is 0.152. The van der Waals surface area contributed by atoms with Gasteiger partial charge < -0.3 is 29.0 Å². The molecule has 0 amide bonds. The van der Waals surface area contributed by atoms with E-state index >= 15 is 0 Å². The molecule has 226 valence electrons. The Morgan fingerprint density at radius 3 is 2.40 bits per heavy atom. The lowest BCUT2D eigenvalue weighted by atomic mass is 9.96. The highest BCUT2D eigenvalue weighted by Crippen LogP contribution is 2.33. The van der Waals surface area contributed by atoms with Crippen molar-refractivity contribution < 1.29 is 23.7 Å². The van der Waals surface area contributed by atoms with Gasteiger partial charge in [-0.25, -0.2) is 0 Å². The number of ether oxygens (including phenoxy) is 5. The molecule has 0 radical (unpaired) electrons. The molecule has 42 heavy (non-hydrogen) atoms. The molecule has 0 saturated heterocycles. The van der Waals surface area contributed by atoms with Crippen molar-refractivity contribution in [2.24, 2.45) is 10.9 Å².